The summed E-state index contributed by atoms with van der Waals surface area (Å²) < 4.78 is 12.6. The lowest BCUT2D eigenvalue weighted by Crippen LogP contribution is -2.49. The number of rotatable bonds is 6. The maximum atomic E-state index is 6.28. The third-order valence-corrected chi connectivity index (χ3v) is 9.70. The molecule has 0 aromatic heterocycles. The smallest absolute Gasteiger partial charge is 0.328 e. The van der Waals surface area contributed by atoms with Gasteiger partial charge in [0.25, 0.3) is 0 Å². The van der Waals surface area contributed by atoms with E-state index in [1.165, 1.54) is 51.4 Å². The van der Waals surface area contributed by atoms with Crippen molar-refractivity contribution in [2.24, 2.45) is 11.3 Å². The average molecular weight is 299 g/mol. The molecule has 2 aliphatic rings. The van der Waals surface area contributed by atoms with E-state index in [0.717, 1.165) is 19.1 Å². The SMILES string of the molecule is CCO[SiH](OCC)C1(C2CCCCC2)CCCC1(C)C. The summed E-state index contributed by atoms with van der Waals surface area (Å²) in [7, 11) is -1.62. The molecule has 118 valence electrons. The predicted octanol–water partition coefficient (Wildman–Crippen LogP) is 4.81. The topological polar surface area (TPSA) is 18.5 Å². The van der Waals surface area contributed by atoms with E-state index in [9.17, 15) is 0 Å². The zero-order valence-electron chi connectivity index (χ0n) is 14.0. The molecule has 2 nitrogen and oxygen atoms in total. The number of hydrogen-bond donors (Lipinski definition) is 0. The van der Waals surface area contributed by atoms with Crippen LogP contribution >= 0.6 is 0 Å². The normalized spacial score (nSPS) is 31.1. The molecule has 0 bridgehead atoms. The first-order valence-electron chi connectivity index (χ1n) is 8.81. The summed E-state index contributed by atoms with van der Waals surface area (Å²) in [5, 5.41) is 0.374. The van der Waals surface area contributed by atoms with Crippen LogP contribution in [0.5, 0.6) is 0 Å². The van der Waals surface area contributed by atoms with E-state index in [1.54, 1.807) is 0 Å². The zero-order chi connectivity index (χ0) is 14.6. The van der Waals surface area contributed by atoms with E-state index >= 15 is 0 Å². The molecule has 0 aromatic carbocycles. The summed E-state index contributed by atoms with van der Waals surface area (Å²) in [5.74, 6) is 0.850. The van der Waals surface area contributed by atoms with Gasteiger partial charge in [-0.15, -0.1) is 0 Å². The van der Waals surface area contributed by atoms with Gasteiger partial charge in [-0.2, -0.15) is 0 Å². The molecule has 0 spiro atoms. The van der Waals surface area contributed by atoms with Crippen molar-refractivity contribution in [3.63, 3.8) is 0 Å². The standard InChI is InChI=1S/C17H34O2Si/c1-5-18-20(19-6-2)17(14-10-13-16(17,3)4)15-11-8-7-9-12-15/h15,20H,5-14H2,1-4H3. The van der Waals surface area contributed by atoms with Gasteiger partial charge in [0.2, 0.25) is 0 Å². The average Bonchev–Trinajstić information content (AvgIpc) is 2.76. The lowest BCUT2D eigenvalue weighted by Gasteiger charge is -2.51. The zero-order valence-corrected chi connectivity index (χ0v) is 15.2. The Morgan fingerprint density at radius 3 is 1.95 bits per heavy atom. The van der Waals surface area contributed by atoms with Crippen LogP contribution in [-0.4, -0.2) is 22.5 Å². The van der Waals surface area contributed by atoms with Crippen molar-refractivity contribution in [3.8, 4) is 0 Å². The monoisotopic (exact) mass is 298 g/mol. The molecule has 0 aromatic rings. The Hall–Kier alpha value is 0.137. The molecule has 2 fully saturated rings. The van der Waals surface area contributed by atoms with Crippen molar-refractivity contribution in [3.05, 3.63) is 0 Å². The van der Waals surface area contributed by atoms with Crippen LogP contribution in [0.4, 0.5) is 0 Å². The first-order chi connectivity index (χ1) is 9.58. The summed E-state index contributed by atoms with van der Waals surface area (Å²) in [6, 6.07) is 0. The van der Waals surface area contributed by atoms with Gasteiger partial charge in [-0.3, -0.25) is 0 Å². The Labute approximate surface area is 127 Å². The van der Waals surface area contributed by atoms with Crippen LogP contribution in [0.1, 0.15) is 79.1 Å². The molecule has 1 atom stereocenters. The van der Waals surface area contributed by atoms with Crippen LogP contribution in [0, 0.1) is 11.3 Å². The van der Waals surface area contributed by atoms with E-state index in [-0.39, 0.29) is 0 Å². The Bertz CT molecular complexity index is 293. The van der Waals surface area contributed by atoms with Crippen molar-refractivity contribution in [2.45, 2.75) is 84.1 Å². The Kier molecular flexibility index (Phi) is 5.72. The van der Waals surface area contributed by atoms with Crippen LogP contribution in [0.15, 0.2) is 0 Å². The molecule has 0 saturated heterocycles. The molecular formula is C17H34O2Si. The van der Waals surface area contributed by atoms with Gasteiger partial charge in [0.05, 0.1) is 0 Å². The molecule has 0 heterocycles. The molecule has 0 N–H and O–H groups in total. The van der Waals surface area contributed by atoms with Gasteiger partial charge in [0.1, 0.15) is 0 Å². The van der Waals surface area contributed by atoms with Crippen LogP contribution in [0.25, 0.3) is 0 Å². The van der Waals surface area contributed by atoms with E-state index in [1.807, 2.05) is 0 Å². The molecule has 2 aliphatic carbocycles. The van der Waals surface area contributed by atoms with Crippen LogP contribution in [-0.2, 0) is 8.85 Å². The maximum absolute atomic E-state index is 6.28. The quantitative estimate of drug-likeness (QED) is 0.655. The molecule has 0 aliphatic heterocycles. The lowest BCUT2D eigenvalue weighted by molar-refractivity contribution is 0.0857. The fraction of sp³-hybridized carbons (Fsp3) is 1.00. The van der Waals surface area contributed by atoms with E-state index < -0.39 is 9.28 Å². The first-order valence-corrected chi connectivity index (χ1v) is 10.3. The van der Waals surface area contributed by atoms with Gasteiger partial charge in [-0.25, -0.2) is 0 Å². The van der Waals surface area contributed by atoms with Crippen LogP contribution in [0.2, 0.25) is 5.04 Å². The molecule has 1 unspecified atom stereocenters. The van der Waals surface area contributed by atoms with Crippen molar-refractivity contribution in [2.75, 3.05) is 13.2 Å². The van der Waals surface area contributed by atoms with Gasteiger partial charge in [-0.05, 0) is 38.0 Å². The minimum atomic E-state index is -1.62. The summed E-state index contributed by atoms with van der Waals surface area (Å²) in [6.45, 7) is 10.9. The third kappa shape index (κ3) is 2.86. The second-order valence-corrected chi connectivity index (χ2v) is 9.72. The van der Waals surface area contributed by atoms with Crippen molar-refractivity contribution >= 4 is 9.28 Å². The highest BCUT2D eigenvalue weighted by Gasteiger charge is 2.60. The highest BCUT2D eigenvalue weighted by Crippen LogP contribution is 2.66. The van der Waals surface area contributed by atoms with Gasteiger partial charge >= 0.3 is 9.28 Å². The predicted molar refractivity (Wildman–Crippen MR) is 87.3 cm³/mol. The van der Waals surface area contributed by atoms with Gasteiger partial charge in [-0.1, -0.05) is 52.4 Å². The number of hydrogen-bond acceptors (Lipinski definition) is 2. The van der Waals surface area contributed by atoms with Crippen molar-refractivity contribution in [1.82, 2.24) is 0 Å². The summed E-state index contributed by atoms with van der Waals surface area (Å²) in [4.78, 5) is 0. The first kappa shape index (κ1) is 16.5. The maximum Gasteiger partial charge on any atom is 0.328 e. The second kappa shape index (κ2) is 6.93. The second-order valence-electron chi connectivity index (χ2n) is 7.36. The molecule has 0 amide bonds. The van der Waals surface area contributed by atoms with Crippen LogP contribution in [0.3, 0.4) is 0 Å². The van der Waals surface area contributed by atoms with E-state index in [0.29, 0.717) is 10.5 Å². The fourth-order valence-electron chi connectivity index (χ4n) is 5.05. The Morgan fingerprint density at radius 1 is 0.900 bits per heavy atom. The molecule has 2 rings (SSSR count). The van der Waals surface area contributed by atoms with E-state index in [2.05, 4.69) is 27.7 Å². The summed E-state index contributed by atoms with van der Waals surface area (Å²) in [6.07, 6.45) is 11.2. The Morgan fingerprint density at radius 2 is 1.50 bits per heavy atom. The van der Waals surface area contributed by atoms with Crippen LogP contribution < -0.4 is 0 Å². The molecule has 3 heteroatoms. The molecule has 20 heavy (non-hydrogen) atoms. The fourth-order valence-corrected chi connectivity index (χ4v) is 8.28. The van der Waals surface area contributed by atoms with Crippen molar-refractivity contribution in [1.29, 1.82) is 0 Å². The third-order valence-electron chi connectivity index (χ3n) is 6.04. The Balaban J connectivity index is 2.31. The minimum Gasteiger partial charge on any atom is -0.396 e. The summed E-state index contributed by atoms with van der Waals surface area (Å²) >= 11 is 0. The van der Waals surface area contributed by atoms with Crippen molar-refractivity contribution < 1.29 is 8.85 Å². The lowest BCUT2D eigenvalue weighted by atomic mass is 9.68. The summed E-state index contributed by atoms with van der Waals surface area (Å²) in [5.41, 5.74) is 0.399. The minimum absolute atomic E-state index is 0.374. The highest BCUT2D eigenvalue weighted by atomic mass is 28.3. The molecule has 0 radical (unpaired) electrons. The van der Waals surface area contributed by atoms with Gasteiger partial charge in [0, 0.05) is 18.3 Å². The van der Waals surface area contributed by atoms with Gasteiger partial charge in [0.15, 0.2) is 0 Å². The largest absolute Gasteiger partial charge is 0.396 e. The van der Waals surface area contributed by atoms with Gasteiger partial charge < -0.3 is 8.85 Å². The highest BCUT2D eigenvalue weighted by molar-refractivity contribution is 6.49. The molecular weight excluding hydrogens is 264 g/mol. The van der Waals surface area contributed by atoms with E-state index in [4.69, 9.17) is 8.85 Å². The molecule has 2 saturated carbocycles.